The predicted molar refractivity (Wildman–Crippen MR) is 75.9 cm³/mol. The van der Waals surface area contributed by atoms with Gasteiger partial charge in [0.15, 0.2) is 0 Å². The first-order valence-corrected chi connectivity index (χ1v) is 6.18. The first kappa shape index (κ1) is 12.9. The number of hydrogen-bond donors (Lipinski definition) is 1. The van der Waals surface area contributed by atoms with Crippen molar-refractivity contribution < 1.29 is 4.74 Å². The molecule has 0 amide bonds. The summed E-state index contributed by atoms with van der Waals surface area (Å²) in [5.41, 5.74) is 6.86. The average molecular weight is 244 g/mol. The molecule has 2 aromatic rings. The molecule has 0 saturated heterocycles. The number of fused-ring (bicyclic) bond motifs is 1. The smallest absolute Gasteiger partial charge is 0.119 e. The molecule has 0 spiro atoms. The van der Waals surface area contributed by atoms with E-state index in [4.69, 9.17) is 10.5 Å². The van der Waals surface area contributed by atoms with Gasteiger partial charge in [0.05, 0.1) is 7.11 Å². The molecule has 2 rings (SSSR count). The van der Waals surface area contributed by atoms with Gasteiger partial charge >= 0.3 is 0 Å². The lowest BCUT2D eigenvalue weighted by molar-refractivity contribution is 0.336. The summed E-state index contributed by atoms with van der Waals surface area (Å²) in [6, 6.07) is 12.7. The third-order valence-corrected chi connectivity index (χ3v) is 3.08. The standard InChI is InChI=1S/C15H20N2O/c1-17(8-7-16)11-12-3-4-14-10-15(18-2)6-5-13(14)9-12/h3-6,9-10H,7-8,11,16H2,1-2H3. The number of rotatable bonds is 5. The quantitative estimate of drug-likeness (QED) is 0.876. The zero-order valence-corrected chi connectivity index (χ0v) is 11.0. The van der Waals surface area contributed by atoms with Crippen molar-refractivity contribution in [1.29, 1.82) is 0 Å². The highest BCUT2D eigenvalue weighted by Crippen LogP contribution is 2.22. The van der Waals surface area contributed by atoms with Crippen molar-refractivity contribution in [2.45, 2.75) is 6.54 Å². The Morgan fingerprint density at radius 1 is 1.11 bits per heavy atom. The largest absolute Gasteiger partial charge is 0.497 e. The lowest BCUT2D eigenvalue weighted by atomic mass is 10.1. The lowest BCUT2D eigenvalue weighted by Crippen LogP contribution is -2.24. The SMILES string of the molecule is COc1ccc2cc(CN(C)CCN)ccc2c1. The zero-order valence-electron chi connectivity index (χ0n) is 11.0. The maximum Gasteiger partial charge on any atom is 0.119 e. The number of hydrogen-bond acceptors (Lipinski definition) is 3. The van der Waals surface area contributed by atoms with Crippen LogP contribution in [0.1, 0.15) is 5.56 Å². The van der Waals surface area contributed by atoms with Crippen LogP contribution in [0.15, 0.2) is 36.4 Å². The normalized spacial score (nSPS) is 11.1. The molecule has 0 bridgehead atoms. The fourth-order valence-corrected chi connectivity index (χ4v) is 2.11. The maximum atomic E-state index is 5.55. The molecular formula is C15H20N2O. The average Bonchev–Trinajstić information content (AvgIpc) is 2.38. The van der Waals surface area contributed by atoms with Crippen molar-refractivity contribution in [1.82, 2.24) is 4.90 Å². The van der Waals surface area contributed by atoms with Gasteiger partial charge in [0.2, 0.25) is 0 Å². The van der Waals surface area contributed by atoms with Crippen LogP contribution in [-0.4, -0.2) is 32.1 Å². The number of likely N-dealkylation sites (N-methyl/N-ethyl adjacent to an activating group) is 1. The minimum Gasteiger partial charge on any atom is -0.497 e. The molecule has 96 valence electrons. The van der Waals surface area contributed by atoms with E-state index in [1.165, 1.54) is 16.3 Å². The van der Waals surface area contributed by atoms with Crippen molar-refractivity contribution >= 4 is 10.8 Å². The molecule has 3 nitrogen and oxygen atoms in total. The summed E-state index contributed by atoms with van der Waals surface area (Å²) < 4.78 is 5.23. The minimum absolute atomic E-state index is 0.696. The number of nitrogens with zero attached hydrogens (tertiary/aromatic N) is 1. The van der Waals surface area contributed by atoms with Crippen LogP contribution in [0.5, 0.6) is 5.75 Å². The highest BCUT2D eigenvalue weighted by molar-refractivity contribution is 5.84. The van der Waals surface area contributed by atoms with Crippen LogP contribution in [0.2, 0.25) is 0 Å². The Labute approximate surface area is 108 Å². The van der Waals surface area contributed by atoms with Crippen LogP contribution in [0, 0.1) is 0 Å². The Balaban J connectivity index is 2.22. The zero-order chi connectivity index (χ0) is 13.0. The molecule has 0 unspecified atom stereocenters. The lowest BCUT2D eigenvalue weighted by Gasteiger charge is -2.15. The van der Waals surface area contributed by atoms with E-state index in [1.807, 2.05) is 6.07 Å². The Bertz CT molecular complexity index is 525. The molecule has 0 aromatic heterocycles. The molecule has 18 heavy (non-hydrogen) atoms. The molecule has 2 aromatic carbocycles. The predicted octanol–water partition coefficient (Wildman–Crippen LogP) is 2.24. The number of ether oxygens (including phenoxy) is 1. The topological polar surface area (TPSA) is 38.5 Å². The van der Waals surface area contributed by atoms with Gasteiger partial charge in [-0.05, 0) is 41.6 Å². The summed E-state index contributed by atoms with van der Waals surface area (Å²) in [6.45, 7) is 2.54. The molecule has 0 atom stereocenters. The van der Waals surface area contributed by atoms with Gasteiger partial charge in [-0.2, -0.15) is 0 Å². The number of benzene rings is 2. The molecule has 0 aliphatic rings. The van der Waals surface area contributed by atoms with Crippen molar-refractivity contribution in [2.75, 3.05) is 27.2 Å². The van der Waals surface area contributed by atoms with E-state index in [0.717, 1.165) is 18.8 Å². The molecule has 0 radical (unpaired) electrons. The van der Waals surface area contributed by atoms with Crippen molar-refractivity contribution in [3.05, 3.63) is 42.0 Å². The van der Waals surface area contributed by atoms with Crippen molar-refractivity contribution in [3.63, 3.8) is 0 Å². The van der Waals surface area contributed by atoms with Crippen LogP contribution in [-0.2, 0) is 6.54 Å². The van der Waals surface area contributed by atoms with Crippen LogP contribution < -0.4 is 10.5 Å². The third-order valence-electron chi connectivity index (χ3n) is 3.08. The van der Waals surface area contributed by atoms with E-state index in [2.05, 4.69) is 42.3 Å². The summed E-state index contributed by atoms with van der Waals surface area (Å²) in [4.78, 5) is 2.23. The Kier molecular flexibility index (Phi) is 4.18. The molecule has 0 aliphatic carbocycles. The Morgan fingerprint density at radius 2 is 1.83 bits per heavy atom. The van der Waals surface area contributed by atoms with Crippen LogP contribution in [0.25, 0.3) is 10.8 Å². The molecular weight excluding hydrogens is 224 g/mol. The van der Waals surface area contributed by atoms with E-state index < -0.39 is 0 Å². The summed E-state index contributed by atoms with van der Waals surface area (Å²) in [7, 11) is 3.78. The Hall–Kier alpha value is -1.58. The maximum absolute atomic E-state index is 5.55. The summed E-state index contributed by atoms with van der Waals surface area (Å²) >= 11 is 0. The fraction of sp³-hybridized carbons (Fsp3) is 0.333. The van der Waals surface area contributed by atoms with Gasteiger partial charge in [-0.1, -0.05) is 18.2 Å². The van der Waals surface area contributed by atoms with Crippen molar-refractivity contribution in [3.8, 4) is 5.75 Å². The van der Waals surface area contributed by atoms with Gasteiger partial charge in [0.1, 0.15) is 5.75 Å². The number of methoxy groups -OCH3 is 1. The molecule has 0 saturated carbocycles. The van der Waals surface area contributed by atoms with Gasteiger partial charge in [-0.3, -0.25) is 0 Å². The van der Waals surface area contributed by atoms with E-state index in [0.29, 0.717) is 6.54 Å². The highest BCUT2D eigenvalue weighted by Gasteiger charge is 2.02. The van der Waals surface area contributed by atoms with Gasteiger partial charge in [-0.25, -0.2) is 0 Å². The second-order valence-corrected chi connectivity index (χ2v) is 4.57. The summed E-state index contributed by atoms with van der Waals surface area (Å²) in [6.07, 6.45) is 0. The first-order chi connectivity index (χ1) is 8.72. The summed E-state index contributed by atoms with van der Waals surface area (Å²) in [5, 5.41) is 2.45. The fourth-order valence-electron chi connectivity index (χ4n) is 2.11. The van der Waals surface area contributed by atoms with E-state index >= 15 is 0 Å². The molecule has 0 aliphatic heterocycles. The highest BCUT2D eigenvalue weighted by atomic mass is 16.5. The van der Waals surface area contributed by atoms with Crippen LogP contribution in [0.3, 0.4) is 0 Å². The molecule has 2 N–H and O–H groups in total. The molecule has 3 heteroatoms. The van der Waals surface area contributed by atoms with E-state index in [-0.39, 0.29) is 0 Å². The second kappa shape index (κ2) is 5.85. The Morgan fingerprint density at radius 3 is 2.56 bits per heavy atom. The van der Waals surface area contributed by atoms with Gasteiger partial charge < -0.3 is 15.4 Å². The molecule has 0 heterocycles. The second-order valence-electron chi connectivity index (χ2n) is 4.57. The van der Waals surface area contributed by atoms with Gasteiger partial charge in [-0.15, -0.1) is 0 Å². The van der Waals surface area contributed by atoms with Gasteiger partial charge in [0, 0.05) is 19.6 Å². The first-order valence-electron chi connectivity index (χ1n) is 6.18. The van der Waals surface area contributed by atoms with E-state index in [1.54, 1.807) is 7.11 Å². The summed E-state index contributed by atoms with van der Waals surface area (Å²) in [5.74, 6) is 0.899. The van der Waals surface area contributed by atoms with Gasteiger partial charge in [0.25, 0.3) is 0 Å². The van der Waals surface area contributed by atoms with Crippen molar-refractivity contribution in [2.24, 2.45) is 5.73 Å². The number of nitrogens with two attached hydrogens (primary N) is 1. The van der Waals surface area contributed by atoms with Crippen LogP contribution in [0.4, 0.5) is 0 Å². The third kappa shape index (κ3) is 3.00. The monoisotopic (exact) mass is 244 g/mol. The van der Waals surface area contributed by atoms with E-state index in [9.17, 15) is 0 Å². The minimum atomic E-state index is 0.696. The molecule has 0 fully saturated rings. The van der Waals surface area contributed by atoms with Crippen LogP contribution >= 0.6 is 0 Å².